The molecule has 0 aromatic carbocycles. The Labute approximate surface area is 106 Å². The van der Waals surface area contributed by atoms with E-state index in [0.29, 0.717) is 11.5 Å². The van der Waals surface area contributed by atoms with Gasteiger partial charge in [-0.05, 0) is 43.6 Å². The standard InChI is InChI=1S/C15H28N2/c1-15(2,3)13-6-9-17(10-7-13)11-8-14(16)12-4-5-12/h6,12,14H,4-5,7-11,16H2,1-3H3. The molecule has 0 bridgehead atoms. The quantitative estimate of drug-likeness (QED) is 0.761. The minimum Gasteiger partial charge on any atom is -0.327 e. The molecule has 0 saturated heterocycles. The summed E-state index contributed by atoms with van der Waals surface area (Å²) in [7, 11) is 0. The van der Waals surface area contributed by atoms with Crippen molar-refractivity contribution in [2.75, 3.05) is 19.6 Å². The number of hydrogen-bond donors (Lipinski definition) is 1. The summed E-state index contributed by atoms with van der Waals surface area (Å²) in [6, 6.07) is 0.461. The molecule has 0 amide bonds. The van der Waals surface area contributed by atoms with Crippen molar-refractivity contribution in [3.8, 4) is 0 Å². The van der Waals surface area contributed by atoms with E-state index in [9.17, 15) is 0 Å². The third-order valence-electron chi connectivity index (χ3n) is 4.26. The lowest BCUT2D eigenvalue weighted by Crippen LogP contribution is -2.35. The summed E-state index contributed by atoms with van der Waals surface area (Å²) in [5, 5.41) is 0. The van der Waals surface area contributed by atoms with Crippen LogP contribution in [0.1, 0.15) is 46.5 Å². The molecular weight excluding hydrogens is 208 g/mol. The van der Waals surface area contributed by atoms with Crippen molar-refractivity contribution in [2.45, 2.75) is 52.5 Å². The first-order valence-electron chi connectivity index (χ1n) is 7.14. The molecule has 2 rings (SSSR count). The van der Waals surface area contributed by atoms with Crippen molar-refractivity contribution in [3.05, 3.63) is 11.6 Å². The van der Waals surface area contributed by atoms with Crippen molar-refractivity contribution in [1.29, 1.82) is 0 Å². The molecule has 0 aromatic rings. The summed E-state index contributed by atoms with van der Waals surface area (Å²) in [6.45, 7) is 10.5. The molecule has 0 aromatic heterocycles. The van der Waals surface area contributed by atoms with Crippen LogP contribution in [0.5, 0.6) is 0 Å². The average Bonchev–Trinajstić information content (AvgIpc) is 3.09. The summed E-state index contributed by atoms with van der Waals surface area (Å²) in [5.74, 6) is 0.848. The van der Waals surface area contributed by atoms with E-state index in [1.165, 1.54) is 38.8 Å². The van der Waals surface area contributed by atoms with Gasteiger partial charge < -0.3 is 5.73 Å². The van der Waals surface area contributed by atoms with Crippen LogP contribution in [0.3, 0.4) is 0 Å². The lowest BCUT2D eigenvalue weighted by atomic mass is 9.83. The second-order valence-corrected chi connectivity index (χ2v) is 6.82. The molecule has 1 saturated carbocycles. The lowest BCUT2D eigenvalue weighted by Gasteiger charge is -2.32. The van der Waals surface area contributed by atoms with Gasteiger partial charge in [0.2, 0.25) is 0 Å². The van der Waals surface area contributed by atoms with Crippen LogP contribution in [0.15, 0.2) is 11.6 Å². The zero-order valence-electron chi connectivity index (χ0n) is 11.7. The largest absolute Gasteiger partial charge is 0.327 e. The minimum absolute atomic E-state index is 0.358. The summed E-state index contributed by atoms with van der Waals surface area (Å²) >= 11 is 0. The second kappa shape index (κ2) is 5.11. The average molecular weight is 236 g/mol. The number of rotatable bonds is 4. The molecule has 2 N–H and O–H groups in total. The van der Waals surface area contributed by atoms with Gasteiger partial charge in [-0.3, -0.25) is 4.90 Å². The molecule has 2 aliphatic rings. The summed E-state index contributed by atoms with van der Waals surface area (Å²) in [5.41, 5.74) is 8.13. The van der Waals surface area contributed by atoms with Crippen molar-refractivity contribution >= 4 is 0 Å². The van der Waals surface area contributed by atoms with E-state index in [1.807, 2.05) is 0 Å². The SMILES string of the molecule is CC(C)(C)C1=CCN(CCC(N)C2CC2)CC1. The molecule has 1 aliphatic carbocycles. The van der Waals surface area contributed by atoms with Crippen LogP contribution in [-0.4, -0.2) is 30.6 Å². The lowest BCUT2D eigenvalue weighted by molar-refractivity contribution is 0.265. The van der Waals surface area contributed by atoms with Gasteiger partial charge in [-0.15, -0.1) is 0 Å². The molecule has 17 heavy (non-hydrogen) atoms. The monoisotopic (exact) mass is 236 g/mol. The topological polar surface area (TPSA) is 29.3 Å². The number of hydrogen-bond acceptors (Lipinski definition) is 2. The normalized spacial score (nSPS) is 24.6. The maximum atomic E-state index is 6.15. The third kappa shape index (κ3) is 3.82. The molecule has 1 fully saturated rings. The van der Waals surface area contributed by atoms with E-state index in [1.54, 1.807) is 5.57 Å². The number of nitrogens with two attached hydrogens (primary N) is 1. The maximum Gasteiger partial charge on any atom is 0.0166 e. The van der Waals surface area contributed by atoms with Crippen molar-refractivity contribution < 1.29 is 0 Å². The highest BCUT2D eigenvalue weighted by atomic mass is 15.1. The van der Waals surface area contributed by atoms with Gasteiger partial charge in [0, 0.05) is 19.1 Å². The van der Waals surface area contributed by atoms with Crippen LogP contribution in [-0.2, 0) is 0 Å². The van der Waals surface area contributed by atoms with E-state index >= 15 is 0 Å². The molecule has 1 unspecified atom stereocenters. The molecular formula is C15H28N2. The van der Waals surface area contributed by atoms with Gasteiger partial charge in [0.15, 0.2) is 0 Å². The molecule has 1 aliphatic heterocycles. The van der Waals surface area contributed by atoms with Gasteiger partial charge in [0.1, 0.15) is 0 Å². The Bertz CT molecular complexity index is 284. The van der Waals surface area contributed by atoms with Crippen LogP contribution >= 0.6 is 0 Å². The Kier molecular flexibility index (Phi) is 3.94. The fraction of sp³-hybridized carbons (Fsp3) is 0.867. The van der Waals surface area contributed by atoms with E-state index < -0.39 is 0 Å². The van der Waals surface area contributed by atoms with Crippen molar-refractivity contribution in [2.24, 2.45) is 17.1 Å². The fourth-order valence-electron chi connectivity index (χ4n) is 2.69. The highest BCUT2D eigenvalue weighted by Crippen LogP contribution is 2.33. The van der Waals surface area contributed by atoms with Crippen LogP contribution in [0, 0.1) is 11.3 Å². The van der Waals surface area contributed by atoms with Crippen LogP contribution in [0.2, 0.25) is 0 Å². The Morgan fingerprint density at radius 1 is 1.41 bits per heavy atom. The highest BCUT2D eigenvalue weighted by Gasteiger charge is 2.28. The van der Waals surface area contributed by atoms with E-state index in [0.717, 1.165) is 12.5 Å². The second-order valence-electron chi connectivity index (χ2n) is 6.82. The molecule has 2 nitrogen and oxygen atoms in total. The Morgan fingerprint density at radius 2 is 2.12 bits per heavy atom. The van der Waals surface area contributed by atoms with E-state index in [2.05, 4.69) is 31.7 Å². The first-order valence-corrected chi connectivity index (χ1v) is 7.14. The molecule has 2 heteroatoms. The van der Waals surface area contributed by atoms with Crippen molar-refractivity contribution in [3.63, 3.8) is 0 Å². The van der Waals surface area contributed by atoms with Crippen LogP contribution < -0.4 is 5.73 Å². The molecule has 1 heterocycles. The predicted octanol–water partition coefficient (Wildman–Crippen LogP) is 2.79. The molecule has 0 spiro atoms. The summed E-state index contributed by atoms with van der Waals surface area (Å²) in [6.07, 6.45) is 7.60. The smallest absolute Gasteiger partial charge is 0.0166 e. The van der Waals surface area contributed by atoms with E-state index in [4.69, 9.17) is 5.73 Å². The first kappa shape index (κ1) is 13.1. The van der Waals surface area contributed by atoms with Gasteiger partial charge >= 0.3 is 0 Å². The van der Waals surface area contributed by atoms with Gasteiger partial charge in [0.25, 0.3) is 0 Å². The van der Waals surface area contributed by atoms with Gasteiger partial charge in [0.05, 0.1) is 0 Å². The zero-order valence-corrected chi connectivity index (χ0v) is 11.7. The third-order valence-corrected chi connectivity index (χ3v) is 4.26. The minimum atomic E-state index is 0.358. The van der Waals surface area contributed by atoms with Crippen LogP contribution in [0.25, 0.3) is 0 Å². The Morgan fingerprint density at radius 3 is 2.59 bits per heavy atom. The van der Waals surface area contributed by atoms with Crippen LogP contribution in [0.4, 0.5) is 0 Å². The van der Waals surface area contributed by atoms with Crippen molar-refractivity contribution in [1.82, 2.24) is 4.90 Å². The van der Waals surface area contributed by atoms with Gasteiger partial charge in [-0.2, -0.15) is 0 Å². The first-order chi connectivity index (χ1) is 7.97. The maximum absolute atomic E-state index is 6.15. The van der Waals surface area contributed by atoms with Gasteiger partial charge in [-0.25, -0.2) is 0 Å². The summed E-state index contributed by atoms with van der Waals surface area (Å²) < 4.78 is 0. The number of nitrogens with zero attached hydrogens (tertiary/aromatic N) is 1. The molecule has 98 valence electrons. The fourth-order valence-corrected chi connectivity index (χ4v) is 2.69. The Balaban J connectivity index is 1.73. The molecule has 1 atom stereocenters. The molecule has 0 radical (unpaired) electrons. The van der Waals surface area contributed by atoms with Gasteiger partial charge in [-0.1, -0.05) is 32.4 Å². The summed E-state index contributed by atoms with van der Waals surface area (Å²) in [4.78, 5) is 2.55. The highest BCUT2D eigenvalue weighted by molar-refractivity contribution is 5.14. The zero-order chi connectivity index (χ0) is 12.5. The van der Waals surface area contributed by atoms with E-state index in [-0.39, 0.29) is 0 Å². The predicted molar refractivity (Wildman–Crippen MR) is 73.9 cm³/mol. The Hall–Kier alpha value is -0.340.